The van der Waals surface area contributed by atoms with E-state index in [-0.39, 0.29) is 0 Å². The van der Waals surface area contributed by atoms with E-state index in [9.17, 15) is 0 Å². The molecule has 5 aromatic rings. The van der Waals surface area contributed by atoms with Crippen molar-refractivity contribution in [1.82, 2.24) is 29.1 Å². The van der Waals surface area contributed by atoms with E-state index in [1.165, 1.54) is 0 Å². The Kier molecular flexibility index (Phi) is 3.92. The Balaban J connectivity index is 1.57. The summed E-state index contributed by atoms with van der Waals surface area (Å²) < 4.78 is 9.73. The summed E-state index contributed by atoms with van der Waals surface area (Å²) in [5.41, 5.74) is 3.60. The van der Waals surface area contributed by atoms with Gasteiger partial charge in [-0.1, -0.05) is 12.1 Å². The highest BCUT2D eigenvalue weighted by molar-refractivity contribution is 7.13. The van der Waals surface area contributed by atoms with Crippen LogP contribution in [-0.4, -0.2) is 42.3 Å². The molecule has 0 atom stereocenters. The second-order valence-electron chi connectivity index (χ2n) is 7.12. The number of nitrogens with zero attached hydrogens (tertiary/aromatic N) is 6. The lowest BCUT2D eigenvalue weighted by molar-refractivity contribution is 0.0709. The van der Waals surface area contributed by atoms with Gasteiger partial charge in [-0.2, -0.15) is 5.10 Å². The lowest BCUT2D eigenvalue weighted by Gasteiger charge is -2.25. The molecule has 0 unspecified atom stereocenters. The van der Waals surface area contributed by atoms with E-state index in [4.69, 9.17) is 14.7 Å². The molecule has 7 nitrogen and oxygen atoms in total. The van der Waals surface area contributed by atoms with Crippen LogP contribution in [0.4, 0.5) is 0 Å². The molecule has 0 radical (unpaired) electrons. The summed E-state index contributed by atoms with van der Waals surface area (Å²) in [6.45, 7) is 1.53. The van der Waals surface area contributed by atoms with Gasteiger partial charge < -0.3 is 9.30 Å². The fraction of sp³-hybridized carbons (Fsp3) is 0.238. The average molecular weight is 402 g/mol. The van der Waals surface area contributed by atoms with Crippen LogP contribution in [-0.2, 0) is 4.74 Å². The molecule has 0 aliphatic carbocycles. The summed E-state index contributed by atoms with van der Waals surface area (Å²) in [5, 5.41) is 6.52. The molecule has 0 bridgehead atoms. The van der Waals surface area contributed by atoms with Crippen molar-refractivity contribution in [2.24, 2.45) is 0 Å². The van der Waals surface area contributed by atoms with Crippen LogP contribution >= 0.6 is 11.3 Å². The number of thiophene rings is 1. The van der Waals surface area contributed by atoms with Crippen LogP contribution in [0.15, 0.2) is 54.3 Å². The molecule has 8 heteroatoms. The zero-order chi connectivity index (χ0) is 19.2. The van der Waals surface area contributed by atoms with Gasteiger partial charge in [0.25, 0.3) is 0 Å². The molecule has 0 amide bonds. The van der Waals surface area contributed by atoms with E-state index in [1.807, 2.05) is 41.3 Å². The van der Waals surface area contributed by atoms with Crippen LogP contribution in [0.5, 0.6) is 0 Å². The number of imidazole rings is 1. The Morgan fingerprint density at radius 1 is 1.03 bits per heavy atom. The van der Waals surface area contributed by atoms with Crippen molar-refractivity contribution < 1.29 is 4.74 Å². The topological polar surface area (TPSA) is 70.1 Å². The largest absolute Gasteiger partial charge is 0.381 e. The summed E-state index contributed by atoms with van der Waals surface area (Å²) in [4.78, 5) is 15.6. The van der Waals surface area contributed by atoms with Crippen LogP contribution in [0, 0.1) is 0 Å². The van der Waals surface area contributed by atoms with Gasteiger partial charge in [-0.05, 0) is 36.4 Å². The Bertz CT molecular complexity index is 1300. The van der Waals surface area contributed by atoms with Crippen LogP contribution in [0.3, 0.4) is 0 Å². The number of fused-ring (bicyclic) bond motifs is 2. The number of aromatic nitrogens is 6. The predicted octanol–water partition coefficient (Wildman–Crippen LogP) is 4.22. The predicted molar refractivity (Wildman–Crippen MR) is 112 cm³/mol. The molecular weight excluding hydrogens is 384 g/mol. The maximum absolute atomic E-state index is 5.60. The smallest absolute Gasteiger partial charge is 0.165 e. The monoisotopic (exact) mass is 402 g/mol. The van der Waals surface area contributed by atoms with E-state index in [1.54, 1.807) is 11.3 Å². The van der Waals surface area contributed by atoms with Crippen LogP contribution in [0.1, 0.15) is 18.9 Å². The molecule has 0 aromatic carbocycles. The molecule has 1 aliphatic heterocycles. The molecule has 144 valence electrons. The number of pyridine rings is 1. The van der Waals surface area contributed by atoms with Gasteiger partial charge in [0.2, 0.25) is 0 Å². The van der Waals surface area contributed by atoms with Crippen molar-refractivity contribution >= 4 is 28.0 Å². The second kappa shape index (κ2) is 6.75. The van der Waals surface area contributed by atoms with Gasteiger partial charge in [-0.15, -0.1) is 11.3 Å². The van der Waals surface area contributed by atoms with Gasteiger partial charge in [0.1, 0.15) is 5.52 Å². The fourth-order valence-corrected chi connectivity index (χ4v) is 4.71. The van der Waals surface area contributed by atoms with Gasteiger partial charge >= 0.3 is 0 Å². The molecule has 6 rings (SSSR count). The first-order valence-corrected chi connectivity index (χ1v) is 10.6. The average Bonchev–Trinajstić information content (AvgIpc) is 3.51. The Morgan fingerprint density at radius 2 is 1.97 bits per heavy atom. The van der Waals surface area contributed by atoms with Gasteiger partial charge in [-0.3, -0.25) is 0 Å². The lowest BCUT2D eigenvalue weighted by atomic mass is 10.1. The molecule has 6 heterocycles. The third kappa shape index (κ3) is 2.75. The first kappa shape index (κ1) is 16.8. The van der Waals surface area contributed by atoms with E-state index >= 15 is 0 Å². The molecule has 1 aliphatic rings. The zero-order valence-corrected chi connectivity index (χ0v) is 16.4. The summed E-state index contributed by atoms with van der Waals surface area (Å²) in [6, 6.07) is 10.5. The minimum Gasteiger partial charge on any atom is -0.381 e. The zero-order valence-electron chi connectivity index (χ0n) is 15.6. The molecule has 0 spiro atoms. The maximum Gasteiger partial charge on any atom is 0.165 e. The summed E-state index contributed by atoms with van der Waals surface area (Å²) in [7, 11) is 0. The van der Waals surface area contributed by atoms with E-state index in [0.29, 0.717) is 11.9 Å². The summed E-state index contributed by atoms with van der Waals surface area (Å²) in [5.74, 6) is 1.64. The first-order valence-electron chi connectivity index (χ1n) is 9.68. The van der Waals surface area contributed by atoms with Crippen LogP contribution < -0.4 is 0 Å². The standard InChI is InChI=1S/C21H18N6OS/c1-2-8-26-17(4-1)15(12-23-26)19-22-13-16-20(25-19)27(14-6-9-28-10-7-14)21(24-16)18-5-3-11-29-18/h1-5,8,11-14H,6-7,9-10H2. The highest BCUT2D eigenvalue weighted by atomic mass is 32.1. The molecule has 0 N–H and O–H groups in total. The normalized spacial score (nSPS) is 15.4. The molecule has 0 saturated carbocycles. The minimum atomic E-state index is 0.317. The lowest BCUT2D eigenvalue weighted by Crippen LogP contribution is -2.20. The van der Waals surface area contributed by atoms with E-state index < -0.39 is 0 Å². The van der Waals surface area contributed by atoms with E-state index in [0.717, 1.165) is 59.0 Å². The second-order valence-corrected chi connectivity index (χ2v) is 8.07. The van der Waals surface area contributed by atoms with Crippen LogP contribution in [0.25, 0.3) is 38.8 Å². The molecular formula is C21H18N6OS. The maximum atomic E-state index is 5.60. The Labute approximate surface area is 170 Å². The highest BCUT2D eigenvalue weighted by Gasteiger charge is 2.25. The van der Waals surface area contributed by atoms with Gasteiger partial charge in [-0.25, -0.2) is 19.5 Å². The van der Waals surface area contributed by atoms with Crippen molar-refractivity contribution in [2.45, 2.75) is 18.9 Å². The van der Waals surface area contributed by atoms with Crippen molar-refractivity contribution in [2.75, 3.05) is 13.2 Å². The van der Waals surface area contributed by atoms with Crippen molar-refractivity contribution in [3.05, 3.63) is 54.3 Å². The molecule has 29 heavy (non-hydrogen) atoms. The Hall–Kier alpha value is -3.10. The minimum absolute atomic E-state index is 0.317. The number of ether oxygens (including phenoxy) is 1. The Morgan fingerprint density at radius 3 is 2.83 bits per heavy atom. The van der Waals surface area contributed by atoms with Crippen LogP contribution in [0.2, 0.25) is 0 Å². The third-order valence-electron chi connectivity index (χ3n) is 5.40. The van der Waals surface area contributed by atoms with Gasteiger partial charge in [0, 0.05) is 25.5 Å². The highest BCUT2D eigenvalue weighted by Crippen LogP contribution is 2.34. The number of hydrogen-bond acceptors (Lipinski definition) is 6. The number of rotatable bonds is 3. The van der Waals surface area contributed by atoms with Crippen molar-refractivity contribution in [3.63, 3.8) is 0 Å². The number of hydrogen-bond donors (Lipinski definition) is 0. The quantitative estimate of drug-likeness (QED) is 0.452. The third-order valence-corrected chi connectivity index (χ3v) is 6.26. The molecule has 5 aromatic heterocycles. The SMILES string of the molecule is c1csc(-c2nc3cnc(-c4cnn5ccccc45)nc3n2C2CCOCC2)c1. The van der Waals surface area contributed by atoms with Crippen molar-refractivity contribution in [1.29, 1.82) is 0 Å². The summed E-state index contributed by atoms with van der Waals surface area (Å²) in [6.07, 6.45) is 7.50. The van der Waals surface area contributed by atoms with Gasteiger partial charge in [0.15, 0.2) is 17.3 Å². The molecule has 1 fully saturated rings. The van der Waals surface area contributed by atoms with Crippen molar-refractivity contribution in [3.8, 4) is 22.1 Å². The fourth-order valence-electron chi connectivity index (χ4n) is 4.00. The van der Waals surface area contributed by atoms with Gasteiger partial charge in [0.05, 0.1) is 28.4 Å². The van der Waals surface area contributed by atoms with E-state index in [2.05, 4.69) is 32.2 Å². The molecule has 1 saturated heterocycles. The first-order chi connectivity index (χ1) is 14.4. The summed E-state index contributed by atoms with van der Waals surface area (Å²) >= 11 is 1.70.